The predicted octanol–water partition coefficient (Wildman–Crippen LogP) is -2.94. The molecule has 1 aromatic rings. The van der Waals surface area contributed by atoms with E-state index in [0.717, 1.165) is 6.92 Å². The number of aliphatic hydroxyl groups excluding tert-OH is 4. The van der Waals surface area contributed by atoms with E-state index >= 15 is 14.4 Å². The Labute approximate surface area is 607 Å². The van der Waals surface area contributed by atoms with Gasteiger partial charge in [-0.15, -0.1) is 0 Å². The number of aliphatic hydroxyl groups is 4. The number of amides is 12. The lowest BCUT2D eigenvalue weighted by molar-refractivity contribution is -0.192. The third-order valence-corrected chi connectivity index (χ3v) is 17.1. The number of rotatable bonds is 24. The highest BCUT2D eigenvalue weighted by molar-refractivity contribution is 6.76. The van der Waals surface area contributed by atoms with Crippen LogP contribution in [0.4, 0.5) is 18.0 Å². The lowest BCUT2D eigenvalue weighted by Gasteiger charge is -2.34. The lowest BCUT2D eigenvalue weighted by atomic mass is 9.95. The van der Waals surface area contributed by atoms with Crippen molar-refractivity contribution in [2.75, 3.05) is 19.7 Å². The zero-order valence-corrected chi connectivity index (χ0v) is 62.7. The standard InChI is InChI=1S/C63H107N15O19Si.C2HF3O2/c1-16-33(8)42-56(90)76-43(34(9)80)55(89)68-27-41(81)74-45(48(83)50(64)84)58(92)72-39(28-79)60(94)96-49(35-21-18-17-19-22-35)46(78-53(87)38(26-31(4)5)70-54(88)40(29-98(13,14)15)73-62(95)97-63(10,11)12)59(93)77-44(47(82)32(6)7)57(91)71-37(25-30(2)3)52(86)69-36(51(85)75-42)23-20-24-67-61(65)66;3-2(4,5)1(6)7/h17-19,21-22,30-34,36-40,42-49,79-80,82-83H,16,20,23-29H2,1-15H3,(H2,64,84)(H,68,89)(H,69,86)(H,70,88)(H,71,91)(H,72,92)(H,73,95)(H,74,81)(H,75,85)(H,76,90)(H,77,93)(H,78,87)(H4,65,66,67);(H,6,7)/t33-,34-,36+,37-,38-,39-,40+,42?,43?,44-,45-,46-,47+,48-,49+;/m0./s1. The summed E-state index contributed by atoms with van der Waals surface area (Å²) in [6.45, 7) is 22.2. The van der Waals surface area contributed by atoms with E-state index in [1.807, 2.05) is 30.3 Å². The number of carbonyl (C=O) groups excluding carboxylic acids is 13. The van der Waals surface area contributed by atoms with Crippen LogP contribution in [-0.4, -0.2) is 233 Å². The van der Waals surface area contributed by atoms with E-state index in [-0.39, 0.29) is 56.2 Å². The number of alkyl carbamates (subject to hydrolysis) is 1. The van der Waals surface area contributed by atoms with Crippen molar-refractivity contribution >= 4 is 97.0 Å². The number of aliphatic imine (C=N–C) groups is 1. The summed E-state index contributed by atoms with van der Waals surface area (Å²) in [4.78, 5) is 198. The summed E-state index contributed by atoms with van der Waals surface area (Å²) in [6.07, 6.45) is -14.6. The van der Waals surface area contributed by atoms with E-state index in [1.54, 1.807) is 62.3 Å². The van der Waals surface area contributed by atoms with Crippen LogP contribution in [0.1, 0.15) is 127 Å². The number of carboxylic acid groups (broad SMARTS) is 1. The zero-order valence-electron chi connectivity index (χ0n) is 61.7. The quantitative estimate of drug-likeness (QED) is 0.0162. The number of esters is 1. The summed E-state index contributed by atoms with van der Waals surface area (Å²) in [7, 11) is -2.25. The third kappa shape index (κ3) is 34.0. The van der Waals surface area contributed by atoms with Gasteiger partial charge in [0.2, 0.25) is 65.0 Å². The Morgan fingerprint density at radius 2 is 1.20 bits per heavy atom. The molecule has 1 aliphatic heterocycles. The van der Waals surface area contributed by atoms with E-state index in [0.29, 0.717) is 0 Å². The number of nitrogens with two attached hydrogens (primary N) is 3. The molecule has 12 amide bonds. The number of halogens is 3. The van der Waals surface area contributed by atoms with Crippen LogP contribution in [0.25, 0.3) is 0 Å². The van der Waals surface area contributed by atoms with Gasteiger partial charge in [0, 0.05) is 14.6 Å². The molecule has 0 aliphatic carbocycles. The van der Waals surface area contributed by atoms with E-state index in [4.69, 9.17) is 36.6 Å². The molecule has 1 aliphatic rings. The fourth-order valence-corrected chi connectivity index (χ4v) is 11.4. The van der Waals surface area contributed by atoms with E-state index in [9.17, 15) is 81.5 Å². The molecule has 1 heterocycles. The maximum Gasteiger partial charge on any atom is 0.490 e. The van der Waals surface area contributed by atoms with Crippen molar-refractivity contribution in [1.82, 2.24) is 58.5 Å². The number of guanidine groups is 1. The second kappa shape index (κ2) is 43.2. The molecule has 2 unspecified atom stereocenters. The number of ether oxygens (including phenoxy) is 2. The van der Waals surface area contributed by atoms with Gasteiger partial charge in [-0.2, -0.15) is 13.2 Å². The maximum absolute atomic E-state index is 15.6. The summed E-state index contributed by atoms with van der Waals surface area (Å²) < 4.78 is 43.2. The number of benzene rings is 1. The molecule has 0 saturated carbocycles. The number of primary amides is 1. The molecule has 40 heteroatoms. The number of carboxylic acids is 1. The fourth-order valence-electron chi connectivity index (χ4n) is 9.90. The van der Waals surface area contributed by atoms with Crippen LogP contribution < -0.4 is 75.7 Å². The fraction of sp³-hybridized carbons (Fsp3) is 0.677. The smallest absolute Gasteiger partial charge is 0.475 e. The van der Waals surface area contributed by atoms with E-state index < -0.39 is 225 Å². The number of nitrogens with one attached hydrogen (secondary N) is 11. The van der Waals surface area contributed by atoms with Crippen molar-refractivity contribution in [3.63, 3.8) is 0 Å². The average Bonchev–Trinajstić information content (AvgIpc) is 0.814. The largest absolute Gasteiger partial charge is 0.490 e. The molecule has 36 nitrogen and oxygen atoms in total. The number of nitrogens with zero attached hydrogens (tertiary/aromatic N) is 1. The summed E-state index contributed by atoms with van der Waals surface area (Å²) in [5.41, 5.74) is 15.4. The van der Waals surface area contributed by atoms with Gasteiger partial charge >= 0.3 is 24.2 Å². The molecule has 594 valence electrons. The minimum absolute atomic E-state index is 0.0315. The number of carbonyl (C=O) groups is 14. The van der Waals surface area contributed by atoms with Crippen LogP contribution in [0, 0.1) is 23.7 Å². The second-order valence-corrected chi connectivity index (χ2v) is 34.1. The molecule has 0 bridgehead atoms. The molecule has 2 rings (SSSR count). The van der Waals surface area contributed by atoms with Gasteiger partial charge in [0.1, 0.15) is 60.0 Å². The van der Waals surface area contributed by atoms with Crippen LogP contribution in [0.2, 0.25) is 25.7 Å². The molecule has 22 N–H and O–H groups in total. The van der Waals surface area contributed by atoms with Gasteiger partial charge in [-0.1, -0.05) is 112 Å². The van der Waals surface area contributed by atoms with Gasteiger partial charge in [-0.25, -0.2) is 14.4 Å². The van der Waals surface area contributed by atoms with Crippen molar-refractivity contribution in [1.29, 1.82) is 0 Å². The Kier molecular flexibility index (Phi) is 38.6. The van der Waals surface area contributed by atoms with E-state index in [2.05, 4.69) is 52.8 Å². The predicted molar refractivity (Wildman–Crippen MR) is 374 cm³/mol. The number of hydrogen-bond acceptors (Lipinski definition) is 21. The van der Waals surface area contributed by atoms with Crippen LogP contribution in [0.15, 0.2) is 35.3 Å². The number of hydrogen-bond donors (Lipinski definition) is 19. The van der Waals surface area contributed by atoms with Crippen molar-refractivity contribution in [2.45, 2.75) is 237 Å². The van der Waals surface area contributed by atoms with Crippen LogP contribution in [-0.2, 0) is 71.8 Å². The van der Waals surface area contributed by atoms with Gasteiger partial charge in [-0.05, 0) is 88.7 Å². The Balaban J connectivity index is 0.00000746. The Morgan fingerprint density at radius 1 is 0.676 bits per heavy atom. The maximum atomic E-state index is 15.6. The summed E-state index contributed by atoms with van der Waals surface area (Å²) in [5, 5.41) is 78.2. The van der Waals surface area contributed by atoms with E-state index in [1.165, 1.54) is 44.2 Å². The summed E-state index contributed by atoms with van der Waals surface area (Å²) in [5.74, 6) is -20.4. The third-order valence-electron chi connectivity index (χ3n) is 15.5. The minimum Gasteiger partial charge on any atom is -0.475 e. The summed E-state index contributed by atoms with van der Waals surface area (Å²) in [6, 6.07) is -11.2. The molecular formula is C65H108F3N15O21Si. The average molecular weight is 1520 g/mol. The monoisotopic (exact) mass is 1520 g/mol. The van der Waals surface area contributed by atoms with Gasteiger partial charge in [0.25, 0.3) is 0 Å². The normalized spacial score (nSPS) is 23.0. The number of cyclic esters (lactones) is 1. The number of alkyl halides is 3. The first-order chi connectivity index (χ1) is 48.4. The highest BCUT2D eigenvalue weighted by atomic mass is 28.3. The first-order valence-corrected chi connectivity index (χ1v) is 37.6. The topological polar surface area (TPSA) is 581 Å². The van der Waals surface area contributed by atoms with Crippen molar-refractivity contribution in [2.24, 2.45) is 45.9 Å². The Morgan fingerprint density at radius 3 is 1.69 bits per heavy atom. The molecule has 0 radical (unpaired) electrons. The number of aliphatic carboxylic acids is 1. The molecule has 0 spiro atoms. The van der Waals surface area contributed by atoms with Gasteiger partial charge in [0.15, 0.2) is 24.2 Å². The SMILES string of the molecule is CC[C@H](C)C1NC(=O)[C@@H](CCCN=C(N)N)NC(=O)[C@H](CC(C)C)NC(=O)[C@H]([C@H](O)C(C)C)NC(=O)[C@@H](NC(=O)[C@H](CC(C)C)NC(=O)[C@@H](C[Si](C)(C)C)NC(=O)OC(C)(C)C)[C@@H](c2ccccc2)OC(=O)[C@H](CO)NC(=O)[C@H]([C@H](O)C(N)=O)NC(=O)CNC(=O)C([C@H](C)O)NC1=O.O=C(O)C(F)(F)F. The van der Waals surface area contributed by atoms with Crippen LogP contribution in [0.3, 0.4) is 0 Å². The Hall–Kier alpha value is -9.28. The second-order valence-electron chi connectivity index (χ2n) is 28.6. The molecule has 105 heavy (non-hydrogen) atoms. The highest BCUT2D eigenvalue weighted by Crippen LogP contribution is 2.25. The van der Waals surface area contributed by atoms with Gasteiger partial charge < -0.3 is 111 Å². The zero-order chi connectivity index (χ0) is 80.9. The molecular weight excluding hydrogens is 1410 g/mol. The molecule has 1 saturated heterocycles. The molecule has 1 aromatic carbocycles. The van der Waals surface area contributed by atoms with Crippen molar-refractivity contribution < 1.29 is 115 Å². The Bertz CT molecular complexity index is 3170. The molecule has 0 aromatic heterocycles. The first kappa shape index (κ1) is 93.7. The van der Waals surface area contributed by atoms with Crippen molar-refractivity contribution in [3.05, 3.63) is 35.9 Å². The van der Waals surface area contributed by atoms with Crippen molar-refractivity contribution in [3.8, 4) is 0 Å². The first-order valence-electron chi connectivity index (χ1n) is 33.9. The lowest BCUT2D eigenvalue weighted by Crippen LogP contribution is -2.64. The minimum atomic E-state index is -5.08. The highest BCUT2D eigenvalue weighted by Gasteiger charge is 2.45. The van der Waals surface area contributed by atoms with Gasteiger partial charge in [-0.3, -0.25) is 57.7 Å². The van der Waals surface area contributed by atoms with Gasteiger partial charge in [0.05, 0.1) is 25.4 Å². The molecule has 15 atom stereocenters. The van der Waals surface area contributed by atoms with Crippen LogP contribution in [0.5, 0.6) is 0 Å². The summed E-state index contributed by atoms with van der Waals surface area (Å²) >= 11 is 0. The van der Waals surface area contributed by atoms with Crippen LogP contribution >= 0.6 is 0 Å². The molecule has 1 fully saturated rings.